The standard InChI is InChI=1S/C14H13FN4/c15-12-3-1-2-11(10-12)4-6-16-14-13-5-7-18-19(13)9-8-17-14/h1-3,5,7-10H,4,6H2,(H,16,17). The molecule has 1 aromatic carbocycles. The van der Waals surface area contributed by atoms with E-state index in [0.717, 1.165) is 23.3 Å². The average Bonchev–Trinajstić information content (AvgIpc) is 2.88. The summed E-state index contributed by atoms with van der Waals surface area (Å²) in [4.78, 5) is 4.28. The highest BCUT2D eigenvalue weighted by molar-refractivity contribution is 5.66. The van der Waals surface area contributed by atoms with Gasteiger partial charge in [-0.1, -0.05) is 12.1 Å². The summed E-state index contributed by atoms with van der Waals surface area (Å²) in [7, 11) is 0. The van der Waals surface area contributed by atoms with Gasteiger partial charge in [-0.2, -0.15) is 5.10 Å². The predicted octanol–water partition coefficient (Wildman–Crippen LogP) is 2.52. The van der Waals surface area contributed by atoms with E-state index < -0.39 is 0 Å². The summed E-state index contributed by atoms with van der Waals surface area (Å²) in [6.07, 6.45) is 5.97. The van der Waals surface area contributed by atoms with Crippen LogP contribution in [0.3, 0.4) is 0 Å². The van der Waals surface area contributed by atoms with E-state index in [1.54, 1.807) is 35.2 Å². The predicted molar refractivity (Wildman–Crippen MR) is 71.6 cm³/mol. The second kappa shape index (κ2) is 5.06. The van der Waals surface area contributed by atoms with Crippen molar-refractivity contribution in [2.24, 2.45) is 0 Å². The molecule has 0 aliphatic heterocycles. The Kier molecular flexibility index (Phi) is 3.10. The Labute approximate surface area is 109 Å². The van der Waals surface area contributed by atoms with E-state index in [0.29, 0.717) is 6.54 Å². The van der Waals surface area contributed by atoms with Crippen molar-refractivity contribution < 1.29 is 4.39 Å². The third-order valence-electron chi connectivity index (χ3n) is 2.92. The molecule has 0 unspecified atom stereocenters. The molecule has 3 rings (SSSR count). The van der Waals surface area contributed by atoms with Crippen molar-refractivity contribution in [2.75, 3.05) is 11.9 Å². The SMILES string of the molecule is Fc1cccc(CCNc2nccn3nccc23)c1. The van der Waals surface area contributed by atoms with Gasteiger partial charge in [0.1, 0.15) is 11.3 Å². The number of rotatable bonds is 4. The van der Waals surface area contributed by atoms with Gasteiger partial charge in [-0.05, 0) is 30.2 Å². The summed E-state index contributed by atoms with van der Waals surface area (Å²) in [5.74, 6) is 0.588. The number of nitrogens with one attached hydrogen (secondary N) is 1. The highest BCUT2D eigenvalue weighted by Gasteiger charge is 2.02. The molecule has 0 fully saturated rings. The van der Waals surface area contributed by atoms with Crippen molar-refractivity contribution in [3.8, 4) is 0 Å². The van der Waals surface area contributed by atoms with Crippen LogP contribution in [0.4, 0.5) is 10.2 Å². The molecule has 0 saturated carbocycles. The second-order valence-electron chi connectivity index (χ2n) is 4.24. The first-order chi connectivity index (χ1) is 9.33. The fraction of sp³-hybridized carbons (Fsp3) is 0.143. The summed E-state index contributed by atoms with van der Waals surface area (Å²) in [5.41, 5.74) is 1.90. The van der Waals surface area contributed by atoms with Gasteiger partial charge in [0.25, 0.3) is 0 Å². The number of anilines is 1. The third kappa shape index (κ3) is 2.54. The van der Waals surface area contributed by atoms with E-state index in [1.165, 1.54) is 6.07 Å². The van der Waals surface area contributed by atoms with Crippen LogP contribution in [0.1, 0.15) is 5.56 Å². The molecule has 0 aliphatic rings. The molecule has 0 radical (unpaired) electrons. The van der Waals surface area contributed by atoms with Crippen molar-refractivity contribution >= 4 is 11.3 Å². The lowest BCUT2D eigenvalue weighted by molar-refractivity contribution is 0.625. The molecule has 0 atom stereocenters. The summed E-state index contributed by atoms with van der Waals surface area (Å²) in [6, 6.07) is 8.54. The number of aromatic nitrogens is 3. The molecular weight excluding hydrogens is 243 g/mol. The van der Waals surface area contributed by atoms with Crippen LogP contribution in [0.2, 0.25) is 0 Å². The Hall–Kier alpha value is -2.43. The maximum atomic E-state index is 13.0. The highest BCUT2D eigenvalue weighted by atomic mass is 19.1. The first kappa shape index (κ1) is 11.6. The quantitative estimate of drug-likeness (QED) is 0.780. The van der Waals surface area contributed by atoms with E-state index in [2.05, 4.69) is 15.4 Å². The molecule has 0 aliphatic carbocycles. The molecule has 0 amide bonds. The average molecular weight is 256 g/mol. The molecule has 19 heavy (non-hydrogen) atoms. The molecule has 0 spiro atoms. The Morgan fingerprint density at radius 1 is 1.21 bits per heavy atom. The van der Waals surface area contributed by atoms with Gasteiger partial charge in [0.05, 0.1) is 6.20 Å². The van der Waals surface area contributed by atoms with Crippen LogP contribution in [0.15, 0.2) is 48.9 Å². The van der Waals surface area contributed by atoms with Gasteiger partial charge in [-0.25, -0.2) is 13.9 Å². The van der Waals surface area contributed by atoms with Gasteiger partial charge in [-0.15, -0.1) is 0 Å². The number of nitrogens with zero attached hydrogens (tertiary/aromatic N) is 3. The second-order valence-corrected chi connectivity index (χ2v) is 4.24. The Balaban J connectivity index is 1.68. The summed E-state index contributed by atoms with van der Waals surface area (Å²) < 4.78 is 14.8. The maximum Gasteiger partial charge on any atom is 0.152 e. The van der Waals surface area contributed by atoms with Gasteiger partial charge in [0, 0.05) is 18.9 Å². The first-order valence-corrected chi connectivity index (χ1v) is 6.09. The monoisotopic (exact) mass is 256 g/mol. The molecule has 0 saturated heterocycles. The van der Waals surface area contributed by atoms with E-state index in [9.17, 15) is 4.39 Å². The normalized spacial score (nSPS) is 10.8. The Bertz CT molecular complexity index is 692. The molecule has 4 nitrogen and oxygen atoms in total. The van der Waals surface area contributed by atoms with Crippen molar-refractivity contribution in [1.82, 2.24) is 14.6 Å². The van der Waals surface area contributed by atoms with Gasteiger partial charge in [0.15, 0.2) is 5.82 Å². The van der Waals surface area contributed by atoms with Crippen LogP contribution in [-0.2, 0) is 6.42 Å². The largest absolute Gasteiger partial charge is 0.368 e. The highest BCUT2D eigenvalue weighted by Crippen LogP contribution is 2.12. The Morgan fingerprint density at radius 2 is 2.16 bits per heavy atom. The number of fused-ring (bicyclic) bond motifs is 1. The van der Waals surface area contributed by atoms with E-state index in [1.807, 2.05) is 12.1 Å². The van der Waals surface area contributed by atoms with Crippen LogP contribution < -0.4 is 5.32 Å². The molecular formula is C14H13FN4. The smallest absolute Gasteiger partial charge is 0.152 e. The zero-order valence-electron chi connectivity index (χ0n) is 10.3. The Morgan fingerprint density at radius 3 is 3.05 bits per heavy atom. The lowest BCUT2D eigenvalue weighted by Gasteiger charge is -2.07. The molecule has 2 heterocycles. The van der Waals surface area contributed by atoms with Gasteiger partial charge < -0.3 is 5.32 Å². The maximum absolute atomic E-state index is 13.0. The fourth-order valence-corrected chi connectivity index (χ4v) is 2.01. The number of benzene rings is 1. The molecule has 1 N–H and O–H groups in total. The van der Waals surface area contributed by atoms with Crippen molar-refractivity contribution in [3.05, 3.63) is 60.3 Å². The first-order valence-electron chi connectivity index (χ1n) is 6.09. The van der Waals surface area contributed by atoms with Gasteiger partial charge in [-0.3, -0.25) is 0 Å². The zero-order chi connectivity index (χ0) is 13.1. The number of halogens is 1. The van der Waals surface area contributed by atoms with Crippen molar-refractivity contribution in [1.29, 1.82) is 0 Å². The van der Waals surface area contributed by atoms with Crippen LogP contribution in [0, 0.1) is 5.82 Å². The number of hydrogen-bond donors (Lipinski definition) is 1. The molecule has 2 aromatic heterocycles. The minimum absolute atomic E-state index is 0.200. The molecule has 3 aromatic rings. The van der Waals surface area contributed by atoms with Crippen LogP contribution in [0.5, 0.6) is 0 Å². The minimum Gasteiger partial charge on any atom is -0.368 e. The van der Waals surface area contributed by atoms with Crippen LogP contribution in [-0.4, -0.2) is 21.1 Å². The molecule has 0 bridgehead atoms. The summed E-state index contributed by atoms with van der Waals surface area (Å²) >= 11 is 0. The van der Waals surface area contributed by atoms with E-state index >= 15 is 0 Å². The minimum atomic E-state index is -0.200. The fourth-order valence-electron chi connectivity index (χ4n) is 2.01. The molecule has 5 heteroatoms. The lowest BCUT2D eigenvalue weighted by Crippen LogP contribution is -2.07. The third-order valence-corrected chi connectivity index (χ3v) is 2.92. The van der Waals surface area contributed by atoms with Crippen LogP contribution in [0.25, 0.3) is 5.52 Å². The number of hydrogen-bond acceptors (Lipinski definition) is 3. The van der Waals surface area contributed by atoms with E-state index in [-0.39, 0.29) is 5.82 Å². The van der Waals surface area contributed by atoms with Crippen molar-refractivity contribution in [3.63, 3.8) is 0 Å². The molecule has 96 valence electrons. The van der Waals surface area contributed by atoms with Gasteiger partial charge >= 0.3 is 0 Å². The lowest BCUT2D eigenvalue weighted by atomic mass is 10.1. The zero-order valence-corrected chi connectivity index (χ0v) is 10.3. The van der Waals surface area contributed by atoms with Crippen LogP contribution >= 0.6 is 0 Å². The summed E-state index contributed by atoms with van der Waals surface area (Å²) in [6.45, 7) is 0.696. The van der Waals surface area contributed by atoms with Crippen molar-refractivity contribution in [2.45, 2.75) is 6.42 Å². The van der Waals surface area contributed by atoms with E-state index in [4.69, 9.17) is 0 Å². The summed E-state index contributed by atoms with van der Waals surface area (Å²) in [5, 5.41) is 7.39. The topological polar surface area (TPSA) is 42.2 Å². The van der Waals surface area contributed by atoms with Gasteiger partial charge in [0.2, 0.25) is 0 Å².